The van der Waals surface area contributed by atoms with E-state index in [-0.39, 0.29) is 0 Å². The average molecular weight is 250 g/mol. The van der Waals surface area contributed by atoms with Crippen molar-refractivity contribution in [1.29, 1.82) is 0 Å². The van der Waals surface area contributed by atoms with E-state index in [0.29, 0.717) is 6.04 Å². The maximum Gasteiger partial charge on any atom is 0.405 e. The van der Waals surface area contributed by atoms with Gasteiger partial charge in [0.15, 0.2) is 0 Å². The largest absolute Gasteiger partial charge is 0.444 e. The summed E-state index contributed by atoms with van der Waals surface area (Å²) >= 11 is 0. The average Bonchev–Trinajstić information content (AvgIpc) is 2.54. The second kappa shape index (κ2) is 5.87. The number of rotatable bonds is 0. The summed E-state index contributed by atoms with van der Waals surface area (Å²) in [4.78, 5) is 10.0. The molecule has 1 aliphatic carbocycles. The van der Waals surface area contributed by atoms with E-state index < -0.39 is 11.7 Å². The number of carbonyl (C=O) groups is 1. The van der Waals surface area contributed by atoms with E-state index in [4.69, 9.17) is 11.5 Å². The Morgan fingerprint density at radius 2 is 1.67 bits per heavy atom. The van der Waals surface area contributed by atoms with Crippen LogP contribution in [0.2, 0.25) is 0 Å². The van der Waals surface area contributed by atoms with E-state index in [0.717, 1.165) is 12.8 Å². The van der Waals surface area contributed by atoms with Gasteiger partial charge in [0.25, 0.3) is 0 Å². The Labute approximate surface area is 108 Å². The SMILES string of the molecule is CC(C)(C)OC(N)=O.NC1Cc2ccccc2C1. The number of hydrogen-bond donors (Lipinski definition) is 2. The molecular weight excluding hydrogens is 228 g/mol. The summed E-state index contributed by atoms with van der Waals surface area (Å²) in [5.74, 6) is 0. The van der Waals surface area contributed by atoms with Crippen LogP contribution >= 0.6 is 0 Å². The molecule has 1 amide bonds. The smallest absolute Gasteiger partial charge is 0.405 e. The molecule has 0 aliphatic heterocycles. The van der Waals surface area contributed by atoms with Crippen LogP contribution in [0.25, 0.3) is 0 Å². The Morgan fingerprint density at radius 3 is 1.94 bits per heavy atom. The van der Waals surface area contributed by atoms with E-state index in [2.05, 4.69) is 29.0 Å². The zero-order chi connectivity index (χ0) is 13.8. The number of fused-ring (bicyclic) bond motifs is 1. The molecular formula is C14H22N2O2. The molecule has 4 heteroatoms. The number of carbonyl (C=O) groups excluding carboxylic acids is 1. The predicted octanol–water partition coefficient (Wildman–Crippen LogP) is 1.99. The molecule has 0 unspecified atom stereocenters. The fourth-order valence-electron chi connectivity index (χ4n) is 1.89. The molecule has 0 fully saturated rings. The van der Waals surface area contributed by atoms with Gasteiger partial charge in [-0.15, -0.1) is 0 Å². The molecule has 0 aromatic heterocycles. The van der Waals surface area contributed by atoms with E-state index in [9.17, 15) is 4.79 Å². The molecule has 1 aromatic carbocycles. The molecule has 0 saturated carbocycles. The highest BCUT2D eigenvalue weighted by Crippen LogP contribution is 2.19. The van der Waals surface area contributed by atoms with Crippen molar-refractivity contribution < 1.29 is 9.53 Å². The van der Waals surface area contributed by atoms with Gasteiger partial charge >= 0.3 is 6.09 Å². The van der Waals surface area contributed by atoms with Gasteiger partial charge in [-0.25, -0.2) is 4.79 Å². The van der Waals surface area contributed by atoms with E-state index in [1.54, 1.807) is 20.8 Å². The quantitative estimate of drug-likeness (QED) is 0.739. The van der Waals surface area contributed by atoms with Gasteiger partial charge in [-0.3, -0.25) is 0 Å². The second-order valence-corrected chi connectivity index (χ2v) is 5.47. The minimum absolute atomic E-state index is 0.373. The van der Waals surface area contributed by atoms with Crippen LogP contribution in [0, 0.1) is 0 Å². The van der Waals surface area contributed by atoms with Crippen molar-refractivity contribution in [2.24, 2.45) is 11.5 Å². The lowest BCUT2D eigenvalue weighted by molar-refractivity contribution is 0.0600. The van der Waals surface area contributed by atoms with Gasteiger partial charge in [0, 0.05) is 6.04 Å². The zero-order valence-corrected chi connectivity index (χ0v) is 11.3. The lowest BCUT2D eigenvalue weighted by atomic mass is 10.1. The molecule has 18 heavy (non-hydrogen) atoms. The molecule has 0 saturated heterocycles. The summed E-state index contributed by atoms with van der Waals surface area (Å²) < 4.78 is 4.58. The standard InChI is InChI=1S/C9H11N.C5H11NO2/c10-9-5-7-3-1-2-4-8(7)6-9;1-5(2,3)8-4(6)7/h1-4,9H,5-6,10H2;1-3H3,(H2,6,7). The van der Waals surface area contributed by atoms with E-state index >= 15 is 0 Å². The Hall–Kier alpha value is -1.55. The molecule has 0 spiro atoms. The van der Waals surface area contributed by atoms with Gasteiger partial charge in [-0.1, -0.05) is 24.3 Å². The van der Waals surface area contributed by atoms with E-state index in [1.165, 1.54) is 11.1 Å². The van der Waals surface area contributed by atoms with Gasteiger partial charge in [0.2, 0.25) is 0 Å². The highest BCUT2D eigenvalue weighted by molar-refractivity contribution is 5.65. The first-order chi connectivity index (χ1) is 8.28. The van der Waals surface area contributed by atoms with Crippen LogP contribution in [0.5, 0.6) is 0 Å². The van der Waals surface area contributed by atoms with Crippen molar-refractivity contribution in [2.75, 3.05) is 0 Å². The van der Waals surface area contributed by atoms with Gasteiger partial charge < -0.3 is 16.2 Å². The second-order valence-electron chi connectivity index (χ2n) is 5.47. The molecule has 100 valence electrons. The third-order valence-corrected chi connectivity index (χ3v) is 2.49. The fraction of sp³-hybridized carbons (Fsp3) is 0.500. The molecule has 1 aromatic rings. The van der Waals surface area contributed by atoms with Gasteiger partial charge in [0.1, 0.15) is 5.60 Å². The van der Waals surface area contributed by atoms with Crippen molar-refractivity contribution in [3.05, 3.63) is 35.4 Å². The molecule has 1 aliphatic rings. The van der Waals surface area contributed by atoms with Crippen molar-refractivity contribution >= 4 is 6.09 Å². The Morgan fingerprint density at radius 1 is 1.22 bits per heavy atom. The molecule has 4 N–H and O–H groups in total. The predicted molar refractivity (Wildman–Crippen MR) is 72.2 cm³/mol. The minimum atomic E-state index is -0.725. The van der Waals surface area contributed by atoms with Gasteiger partial charge in [0.05, 0.1) is 0 Å². The monoisotopic (exact) mass is 250 g/mol. The van der Waals surface area contributed by atoms with Crippen LogP contribution in [-0.2, 0) is 17.6 Å². The molecule has 0 radical (unpaired) electrons. The maximum atomic E-state index is 10.0. The summed E-state index contributed by atoms with van der Waals surface area (Å²) in [6.45, 7) is 5.28. The number of amides is 1. The Kier molecular flexibility index (Phi) is 4.73. The number of ether oxygens (including phenoxy) is 1. The highest BCUT2D eigenvalue weighted by atomic mass is 16.6. The fourth-order valence-corrected chi connectivity index (χ4v) is 1.89. The van der Waals surface area contributed by atoms with Crippen molar-refractivity contribution in [1.82, 2.24) is 0 Å². The lowest BCUT2D eigenvalue weighted by Crippen LogP contribution is -2.27. The molecule has 2 rings (SSSR count). The van der Waals surface area contributed by atoms with Crippen LogP contribution in [0.15, 0.2) is 24.3 Å². The molecule has 4 nitrogen and oxygen atoms in total. The summed E-state index contributed by atoms with van der Waals surface area (Å²) in [5, 5.41) is 0. The summed E-state index contributed by atoms with van der Waals surface area (Å²) in [7, 11) is 0. The highest BCUT2D eigenvalue weighted by Gasteiger charge is 2.16. The van der Waals surface area contributed by atoms with E-state index in [1.807, 2.05) is 0 Å². The molecule has 0 heterocycles. The molecule has 0 atom stereocenters. The number of benzene rings is 1. The number of hydrogen-bond acceptors (Lipinski definition) is 3. The third-order valence-electron chi connectivity index (χ3n) is 2.49. The van der Waals surface area contributed by atoms with Gasteiger partial charge in [-0.05, 0) is 44.7 Å². The van der Waals surface area contributed by atoms with Crippen LogP contribution < -0.4 is 11.5 Å². The summed E-state index contributed by atoms with van der Waals surface area (Å²) in [5.41, 5.74) is 12.9. The number of primary amides is 1. The molecule has 0 bridgehead atoms. The lowest BCUT2D eigenvalue weighted by Gasteiger charge is -2.16. The normalized spacial score (nSPS) is 14.4. The topological polar surface area (TPSA) is 78.3 Å². The first-order valence-corrected chi connectivity index (χ1v) is 6.09. The van der Waals surface area contributed by atoms with Gasteiger partial charge in [-0.2, -0.15) is 0 Å². The Balaban J connectivity index is 0.000000187. The van der Waals surface area contributed by atoms with Crippen molar-refractivity contribution in [3.63, 3.8) is 0 Å². The van der Waals surface area contributed by atoms with Crippen LogP contribution in [-0.4, -0.2) is 17.7 Å². The first-order valence-electron chi connectivity index (χ1n) is 6.09. The maximum absolute atomic E-state index is 10.0. The third kappa shape index (κ3) is 5.19. The Bertz CT molecular complexity index is 386. The summed E-state index contributed by atoms with van der Waals surface area (Å²) in [6, 6.07) is 8.87. The summed E-state index contributed by atoms with van der Waals surface area (Å²) in [6.07, 6.45) is 1.41. The first kappa shape index (κ1) is 14.5. The van der Waals surface area contributed by atoms with Crippen molar-refractivity contribution in [3.8, 4) is 0 Å². The van der Waals surface area contributed by atoms with Crippen molar-refractivity contribution in [2.45, 2.75) is 45.3 Å². The number of nitrogens with two attached hydrogens (primary N) is 2. The zero-order valence-electron chi connectivity index (χ0n) is 11.3. The minimum Gasteiger partial charge on any atom is -0.444 e. The van der Waals surface area contributed by atoms with Crippen LogP contribution in [0.4, 0.5) is 4.79 Å². The van der Waals surface area contributed by atoms with Crippen LogP contribution in [0.3, 0.4) is 0 Å². The van der Waals surface area contributed by atoms with Crippen LogP contribution in [0.1, 0.15) is 31.9 Å².